The molecule has 0 atom stereocenters. The Balaban J connectivity index is 1.38. The molecule has 4 rings (SSSR count). The van der Waals surface area contributed by atoms with Crippen LogP contribution < -0.4 is 28.4 Å². The van der Waals surface area contributed by atoms with E-state index >= 15 is 0 Å². The van der Waals surface area contributed by atoms with Crippen LogP contribution in [0.5, 0.6) is 34.5 Å². The summed E-state index contributed by atoms with van der Waals surface area (Å²) in [5, 5.41) is 6.58. The number of hydrogen-bond acceptors (Lipinski definition) is 9. The van der Waals surface area contributed by atoms with E-state index in [4.69, 9.17) is 41.7 Å². The quantitative estimate of drug-likeness (QED) is 0.0244. The van der Waals surface area contributed by atoms with Crippen LogP contribution in [-0.2, 0) is 13.3 Å². The van der Waals surface area contributed by atoms with E-state index < -0.39 is 8.80 Å². The average molecular weight is 1020 g/mol. The molecule has 0 spiro atoms. The number of fused-ring (bicyclic) bond motifs is 6. The molecule has 0 unspecified atom stereocenters. The molecule has 0 aliphatic carbocycles. The molecule has 72 heavy (non-hydrogen) atoms. The van der Waals surface area contributed by atoms with Gasteiger partial charge in [-0.25, -0.2) is 0 Å². The van der Waals surface area contributed by atoms with Gasteiger partial charge in [-0.2, -0.15) is 0 Å². The van der Waals surface area contributed by atoms with E-state index in [1.807, 2.05) is 20.8 Å². The summed E-state index contributed by atoms with van der Waals surface area (Å²) in [6.07, 6.45) is 30.8. The number of hydrogen-bond donors (Lipinski definition) is 0. The van der Waals surface area contributed by atoms with E-state index in [9.17, 15) is 0 Å². The fraction of sp³-hybridized carbons (Fsp3) is 0.710. The lowest BCUT2D eigenvalue weighted by Gasteiger charge is -2.28. The number of ether oxygens (including phenoxy) is 6. The van der Waals surface area contributed by atoms with Crippen LogP contribution in [0.2, 0.25) is 6.04 Å². The van der Waals surface area contributed by atoms with Crippen molar-refractivity contribution in [3.05, 3.63) is 36.4 Å². The summed E-state index contributed by atoms with van der Waals surface area (Å²) in [6, 6.07) is 14.2. The van der Waals surface area contributed by atoms with Crippen LogP contribution in [0.1, 0.15) is 222 Å². The largest absolute Gasteiger partial charge is 0.500 e. The molecule has 4 aromatic carbocycles. The molecule has 0 aliphatic heterocycles. The Hall–Kier alpha value is -3.44. The molecule has 408 valence electrons. The number of benzene rings is 4. The van der Waals surface area contributed by atoms with Crippen molar-refractivity contribution < 1.29 is 41.7 Å². The predicted molar refractivity (Wildman–Crippen MR) is 306 cm³/mol. The van der Waals surface area contributed by atoms with Gasteiger partial charge in [0.15, 0.2) is 34.5 Å². The second-order valence-corrected chi connectivity index (χ2v) is 22.5. The first-order chi connectivity index (χ1) is 35.4. The highest BCUT2D eigenvalue weighted by molar-refractivity contribution is 6.60. The first-order valence-electron chi connectivity index (χ1n) is 29.7. The molecule has 10 heteroatoms. The fourth-order valence-corrected chi connectivity index (χ4v) is 12.1. The molecular formula is C62H102O9Si. The summed E-state index contributed by atoms with van der Waals surface area (Å²) >= 11 is 0. The SMILES string of the molecule is CCCCOc1cc2c3cc(OCCCC)c(OCCCC)cc3c3cc(OCCCCCCCCCCCCCCCCCC[Si](OCC)(OCC)OCC)c(OCCCC)cc3c2cc1OCCCC. The maximum Gasteiger partial charge on any atom is 0.500 e. The average Bonchev–Trinajstić information content (AvgIpc) is 3.38. The number of unbranched alkanes of at least 4 members (excludes halogenated alkanes) is 20. The Morgan fingerprint density at radius 1 is 0.250 bits per heavy atom. The Labute approximate surface area is 439 Å². The van der Waals surface area contributed by atoms with Crippen molar-refractivity contribution in [1.82, 2.24) is 0 Å². The summed E-state index contributed by atoms with van der Waals surface area (Å²) in [6.45, 7) is 22.9. The van der Waals surface area contributed by atoms with Crippen LogP contribution >= 0.6 is 0 Å². The zero-order valence-electron chi connectivity index (χ0n) is 47.1. The normalized spacial score (nSPS) is 11.8. The predicted octanol–water partition coefficient (Wildman–Crippen LogP) is 18.7. The van der Waals surface area contributed by atoms with E-state index in [0.717, 1.165) is 150 Å². The summed E-state index contributed by atoms with van der Waals surface area (Å²) in [5.74, 6) is 4.74. The summed E-state index contributed by atoms with van der Waals surface area (Å²) in [7, 11) is -2.48. The van der Waals surface area contributed by atoms with Crippen LogP contribution in [0.25, 0.3) is 32.3 Å². The van der Waals surface area contributed by atoms with Gasteiger partial charge < -0.3 is 41.7 Å². The fourth-order valence-electron chi connectivity index (χ4n) is 9.43. The second kappa shape index (κ2) is 37.3. The minimum absolute atomic E-state index is 0.640. The maximum atomic E-state index is 6.72. The van der Waals surface area contributed by atoms with E-state index in [1.54, 1.807) is 0 Å². The third-order valence-electron chi connectivity index (χ3n) is 13.6. The Bertz CT molecular complexity index is 1970. The van der Waals surface area contributed by atoms with Gasteiger partial charge in [-0.05, 0) is 134 Å². The third kappa shape index (κ3) is 21.1. The van der Waals surface area contributed by atoms with Gasteiger partial charge in [0, 0.05) is 25.9 Å². The van der Waals surface area contributed by atoms with E-state index in [1.165, 1.54) is 89.9 Å². The highest BCUT2D eigenvalue weighted by atomic mass is 28.4. The van der Waals surface area contributed by atoms with Gasteiger partial charge in [-0.1, -0.05) is 157 Å². The Kier molecular flexibility index (Phi) is 31.7. The zero-order chi connectivity index (χ0) is 51.5. The van der Waals surface area contributed by atoms with Gasteiger partial charge in [0.2, 0.25) is 0 Å². The lowest BCUT2D eigenvalue weighted by Crippen LogP contribution is -2.45. The highest BCUT2D eigenvalue weighted by Crippen LogP contribution is 2.47. The molecule has 4 aromatic rings. The van der Waals surface area contributed by atoms with Crippen molar-refractivity contribution in [1.29, 1.82) is 0 Å². The molecule has 0 bridgehead atoms. The standard InChI is InChI=1S/C62H102O9Si/c1-9-17-38-63-57-45-51-52-46-58(64-39-18-10-2)60(66-41-20-12-4)48-54(52)56-50-62(61(67-42-21-13-5)49-55(56)53(51)47-59(57)65-40-19-11-3)68-43-36-34-32-30-28-26-24-22-23-25-27-29-31-33-35-37-44-72(69-14-6,70-15-7)71-16-8/h45-50H,9-44H2,1-8H3. The topological polar surface area (TPSA) is 83.1 Å². The highest BCUT2D eigenvalue weighted by Gasteiger charge is 2.39. The van der Waals surface area contributed by atoms with Crippen LogP contribution in [-0.4, -0.2) is 68.3 Å². The van der Waals surface area contributed by atoms with Crippen molar-refractivity contribution in [2.24, 2.45) is 0 Å². The van der Waals surface area contributed by atoms with Gasteiger partial charge >= 0.3 is 8.80 Å². The molecule has 0 fully saturated rings. The summed E-state index contributed by atoms with van der Waals surface area (Å²) in [5.41, 5.74) is 0. The second-order valence-electron chi connectivity index (χ2n) is 19.8. The van der Waals surface area contributed by atoms with Gasteiger partial charge in [0.1, 0.15) is 0 Å². The first kappa shape index (κ1) is 61.1. The molecule has 0 N–H and O–H groups in total. The smallest absolute Gasteiger partial charge is 0.490 e. The monoisotopic (exact) mass is 1020 g/mol. The molecule has 0 aromatic heterocycles. The zero-order valence-corrected chi connectivity index (χ0v) is 48.1. The van der Waals surface area contributed by atoms with Gasteiger partial charge in [-0.3, -0.25) is 0 Å². The molecule has 0 aliphatic rings. The van der Waals surface area contributed by atoms with Crippen molar-refractivity contribution >= 4 is 41.1 Å². The van der Waals surface area contributed by atoms with E-state index in [2.05, 4.69) is 71.0 Å². The maximum absolute atomic E-state index is 6.72. The van der Waals surface area contributed by atoms with Crippen molar-refractivity contribution in [2.75, 3.05) is 59.5 Å². The van der Waals surface area contributed by atoms with Gasteiger partial charge in [0.05, 0.1) is 39.6 Å². The summed E-state index contributed by atoms with van der Waals surface area (Å²) in [4.78, 5) is 0. The van der Waals surface area contributed by atoms with Gasteiger partial charge in [0.25, 0.3) is 0 Å². The molecule has 0 saturated heterocycles. The van der Waals surface area contributed by atoms with Crippen molar-refractivity contribution in [2.45, 2.75) is 228 Å². The van der Waals surface area contributed by atoms with E-state index in [0.29, 0.717) is 59.5 Å². The molecule has 0 heterocycles. The molecule has 0 radical (unpaired) electrons. The first-order valence-corrected chi connectivity index (χ1v) is 31.6. The lowest BCUT2D eigenvalue weighted by molar-refractivity contribution is 0.0706. The lowest BCUT2D eigenvalue weighted by atomic mass is 9.93. The minimum Gasteiger partial charge on any atom is -0.490 e. The Morgan fingerprint density at radius 2 is 0.444 bits per heavy atom. The van der Waals surface area contributed by atoms with Crippen molar-refractivity contribution in [3.8, 4) is 34.5 Å². The molecule has 0 saturated carbocycles. The third-order valence-corrected chi connectivity index (χ3v) is 16.8. The van der Waals surface area contributed by atoms with Crippen molar-refractivity contribution in [3.63, 3.8) is 0 Å². The minimum atomic E-state index is -2.48. The van der Waals surface area contributed by atoms with Crippen LogP contribution in [0.4, 0.5) is 0 Å². The van der Waals surface area contributed by atoms with Gasteiger partial charge in [-0.15, -0.1) is 0 Å². The summed E-state index contributed by atoms with van der Waals surface area (Å²) < 4.78 is 57.4. The van der Waals surface area contributed by atoms with Crippen LogP contribution in [0.15, 0.2) is 36.4 Å². The molecule has 9 nitrogen and oxygen atoms in total. The van der Waals surface area contributed by atoms with Crippen LogP contribution in [0.3, 0.4) is 0 Å². The molecule has 0 amide bonds. The Morgan fingerprint density at radius 3 is 0.653 bits per heavy atom. The number of rotatable bonds is 46. The van der Waals surface area contributed by atoms with Crippen LogP contribution in [0, 0.1) is 0 Å². The molecular weight excluding hydrogens is 917 g/mol. The van der Waals surface area contributed by atoms with E-state index in [-0.39, 0.29) is 0 Å².